The highest BCUT2D eigenvalue weighted by Crippen LogP contribution is 2.18. The second-order valence-electron chi connectivity index (χ2n) is 5.34. The first-order valence-corrected chi connectivity index (χ1v) is 7.85. The van der Waals surface area contributed by atoms with Crippen LogP contribution in [-0.4, -0.2) is 41.7 Å². The molecule has 2 aromatic rings. The van der Waals surface area contributed by atoms with Gasteiger partial charge in [-0.15, -0.1) is 0 Å². The Morgan fingerprint density at radius 3 is 3.12 bits per heavy atom. The Morgan fingerprint density at radius 1 is 1.46 bits per heavy atom. The van der Waals surface area contributed by atoms with E-state index in [1.54, 1.807) is 18.5 Å². The van der Waals surface area contributed by atoms with Gasteiger partial charge in [-0.3, -0.25) is 9.78 Å². The van der Waals surface area contributed by atoms with Crippen LogP contribution in [0, 0.1) is 0 Å². The van der Waals surface area contributed by atoms with E-state index in [-0.39, 0.29) is 0 Å². The van der Waals surface area contributed by atoms with Gasteiger partial charge >= 0.3 is 0 Å². The number of morpholine rings is 1. The van der Waals surface area contributed by atoms with E-state index in [1.165, 1.54) is 0 Å². The molecule has 1 fully saturated rings. The quantitative estimate of drug-likeness (QED) is 0.878. The fourth-order valence-electron chi connectivity index (χ4n) is 2.37. The van der Waals surface area contributed by atoms with Gasteiger partial charge in [-0.2, -0.15) is 4.98 Å². The highest BCUT2D eigenvalue weighted by Gasteiger charge is 2.25. The zero-order valence-electron chi connectivity index (χ0n) is 12.9. The summed E-state index contributed by atoms with van der Waals surface area (Å²) in [6, 6.07) is 7.42. The Labute approximate surface area is 144 Å². The molecular formula is C16H17ClN4O3. The summed E-state index contributed by atoms with van der Waals surface area (Å²) in [4.78, 5) is 21.8. The van der Waals surface area contributed by atoms with E-state index < -0.39 is 12.0 Å². The van der Waals surface area contributed by atoms with Crippen molar-refractivity contribution in [3.63, 3.8) is 0 Å². The molecule has 7 nitrogen and oxygen atoms in total. The van der Waals surface area contributed by atoms with E-state index in [0.29, 0.717) is 43.0 Å². The molecule has 1 aliphatic heterocycles. The lowest BCUT2D eigenvalue weighted by Crippen LogP contribution is -2.48. The molecule has 2 N–H and O–H groups in total. The fraction of sp³-hybridized carbons (Fsp3) is 0.312. The predicted molar refractivity (Wildman–Crippen MR) is 89.0 cm³/mol. The molecule has 1 saturated heterocycles. The second-order valence-corrected chi connectivity index (χ2v) is 5.78. The molecule has 3 rings (SSSR count). The summed E-state index contributed by atoms with van der Waals surface area (Å²) in [5.41, 5.74) is 6.24. The number of hydrogen-bond acceptors (Lipinski definition) is 6. The third-order valence-electron chi connectivity index (χ3n) is 3.58. The summed E-state index contributed by atoms with van der Waals surface area (Å²) in [6.07, 6.45) is 2.52. The molecule has 0 saturated carbocycles. The standard InChI is InChI=1S/C16H17ClN4O3/c17-12-3-1-2-11(6-12)10-24-15-8-19-7-14(20-15)21-4-5-23-13(9-21)16(18)22/h1-3,6-8,13H,4-5,9-10H2,(H2,18,22). The first kappa shape index (κ1) is 16.5. The lowest BCUT2D eigenvalue weighted by molar-refractivity contribution is -0.130. The highest BCUT2D eigenvalue weighted by molar-refractivity contribution is 6.30. The number of aromatic nitrogens is 2. The van der Waals surface area contributed by atoms with Crippen molar-refractivity contribution in [2.24, 2.45) is 5.73 Å². The van der Waals surface area contributed by atoms with Gasteiger partial charge in [0.1, 0.15) is 6.61 Å². The third kappa shape index (κ3) is 4.12. The fourth-order valence-corrected chi connectivity index (χ4v) is 2.59. The van der Waals surface area contributed by atoms with Crippen LogP contribution in [0.4, 0.5) is 5.82 Å². The molecule has 126 valence electrons. The molecule has 1 aliphatic rings. The van der Waals surface area contributed by atoms with Gasteiger partial charge in [0.2, 0.25) is 11.8 Å². The largest absolute Gasteiger partial charge is 0.472 e. The normalized spacial score (nSPS) is 17.5. The minimum Gasteiger partial charge on any atom is -0.472 e. The Bertz CT molecular complexity index is 728. The van der Waals surface area contributed by atoms with Crippen LogP contribution in [0.25, 0.3) is 0 Å². The highest BCUT2D eigenvalue weighted by atomic mass is 35.5. The number of carbonyl (C=O) groups excluding carboxylic acids is 1. The maximum absolute atomic E-state index is 11.3. The number of halogens is 1. The molecule has 2 heterocycles. The summed E-state index contributed by atoms with van der Waals surface area (Å²) in [5, 5.41) is 0.654. The number of hydrogen-bond donors (Lipinski definition) is 1. The summed E-state index contributed by atoms with van der Waals surface area (Å²) in [7, 11) is 0. The Balaban J connectivity index is 1.66. The molecule has 8 heteroatoms. The van der Waals surface area contributed by atoms with Crippen LogP contribution in [-0.2, 0) is 16.1 Å². The monoisotopic (exact) mass is 348 g/mol. The smallest absolute Gasteiger partial charge is 0.248 e. The summed E-state index contributed by atoms with van der Waals surface area (Å²) < 4.78 is 11.0. The number of nitrogens with two attached hydrogens (primary N) is 1. The molecule has 0 radical (unpaired) electrons. The molecular weight excluding hydrogens is 332 g/mol. The number of benzene rings is 1. The van der Waals surface area contributed by atoms with Crippen LogP contribution in [0.15, 0.2) is 36.7 Å². The molecule has 0 bridgehead atoms. The lowest BCUT2D eigenvalue weighted by Gasteiger charge is -2.31. The van der Waals surface area contributed by atoms with Crippen molar-refractivity contribution in [2.45, 2.75) is 12.7 Å². The molecule has 1 atom stereocenters. The number of primary amides is 1. The van der Waals surface area contributed by atoms with Crippen molar-refractivity contribution < 1.29 is 14.3 Å². The lowest BCUT2D eigenvalue weighted by atomic mass is 10.2. The van der Waals surface area contributed by atoms with E-state index >= 15 is 0 Å². The van der Waals surface area contributed by atoms with E-state index in [0.717, 1.165) is 5.56 Å². The van der Waals surface area contributed by atoms with Gasteiger partial charge in [-0.1, -0.05) is 23.7 Å². The number of ether oxygens (including phenoxy) is 2. The number of amides is 1. The van der Waals surface area contributed by atoms with Gasteiger partial charge in [-0.25, -0.2) is 0 Å². The Morgan fingerprint density at radius 2 is 2.33 bits per heavy atom. The number of carbonyl (C=O) groups is 1. The van der Waals surface area contributed by atoms with Crippen molar-refractivity contribution >= 4 is 23.3 Å². The van der Waals surface area contributed by atoms with Gasteiger partial charge in [-0.05, 0) is 17.7 Å². The predicted octanol–water partition coefficient (Wildman–Crippen LogP) is 1.40. The first-order valence-electron chi connectivity index (χ1n) is 7.47. The van der Waals surface area contributed by atoms with Crippen LogP contribution < -0.4 is 15.4 Å². The van der Waals surface area contributed by atoms with Crippen LogP contribution in [0.5, 0.6) is 5.88 Å². The van der Waals surface area contributed by atoms with Crippen LogP contribution in [0.3, 0.4) is 0 Å². The van der Waals surface area contributed by atoms with E-state index in [9.17, 15) is 4.79 Å². The number of rotatable bonds is 5. The van der Waals surface area contributed by atoms with E-state index in [1.807, 2.05) is 23.1 Å². The van der Waals surface area contributed by atoms with E-state index in [2.05, 4.69) is 9.97 Å². The molecule has 1 aromatic heterocycles. The van der Waals surface area contributed by atoms with Crippen molar-refractivity contribution in [3.8, 4) is 5.88 Å². The summed E-state index contributed by atoms with van der Waals surface area (Å²) >= 11 is 5.95. The van der Waals surface area contributed by atoms with Gasteiger partial charge in [0.15, 0.2) is 11.9 Å². The number of nitrogens with zero attached hydrogens (tertiary/aromatic N) is 3. The summed E-state index contributed by atoms with van der Waals surface area (Å²) in [5.74, 6) is 0.531. The van der Waals surface area contributed by atoms with Crippen LogP contribution in [0.1, 0.15) is 5.56 Å². The SMILES string of the molecule is NC(=O)C1CN(c2cncc(OCc3cccc(Cl)c3)n2)CCO1. The molecule has 0 aliphatic carbocycles. The minimum absolute atomic E-state index is 0.339. The maximum atomic E-state index is 11.3. The average Bonchev–Trinajstić information content (AvgIpc) is 2.60. The molecule has 24 heavy (non-hydrogen) atoms. The first-order chi connectivity index (χ1) is 11.6. The van der Waals surface area contributed by atoms with Gasteiger partial charge < -0.3 is 20.1 Å². The topological polar surface area (TPSA) is 90.6 Å². The summed E-state index contributed by atoms with van der Waals surface area (Å²) in [6.45, 7) is 1.70. The van der Waals surface area contributed by atoms with Gasteiger partial charge in [0.25, 0.3) is 0 Å². The minimum atomic E-state index is -0.642. The molecule has 1 unspecified atom stereocenters. The third-order valence-corrected chi connectivity index (χ3v) is 3.82. The van der Waals surface area contributed by atoms with E-state index in [4.69, 9.17) is 26.8 Å². The molecule has 1 amide bonds. The van der Waals surface area contributed by atoms with Crippen molar-refractivity contribution in [2.75, 3.05) is 24.6 Å². The average molecular weight is 349 g/mol. The molecule has 1 aromatic carbocycles. The van der Waals surface area contributed by atoms with Crippen LogP contribution >= 0.6 is 11.6 Å². The zero-order valence-corrected chi connectivity index (χ0v) is 13.6. The van der Waals surface area contributed by atoms with Gasteiger partial charge in [0, 0.05) is 11.6 Å². The Hall–Kier alpha value is -2.38. The van der Waals surface area contributed by atoms with Crippen LogP contribution in [0.2, 0.25) is 5.02 Å². The molecule has 0 spiro atoms. The van der Waals surface area contributed by atoms with Crippen molar-refractivity contribution in [1.29, 1.82) is 0 Å². The Kier molecular flexibility index (Phi) is 5.12. The van der Waals surface area contributed by atoms with Crippen molar-refractivity contribution in [3.05, 3.63) is 47.2 Å². The van der Waals surface area contributed by atoms with Gasteiger partial charge in [0.05, 0.1) is 25.5 Å². The maximum Gasteiger partial charge on any atom is 0.248 e. The zero-order chi connectivity index (χ0) is 16.9. The number of anilines is 1. The second kappa shape index (κ2) is 7.46. The van der Waals surface area contributed by atoms with Crippen molar-refractivity contribution in [1.82, 2.24) is 9.97 Å².